The topological polar surface area (TPSA) is 79.0 Å². The number of carbonyl (C=O) groups excluding carboxylic acids is 1. The Morgan fingerprint density at radius 2 is 1.97 bits per heavy atom. The number of likely N-dealkylation sites (N-methyl/N-ethyl adjacent to an activating group) is 1. The van der Waals surface area contributed by atoms with Gasteiger partial charge in [0.15, 0.2) is 0 Å². The molecule has 0 radical (unpaired) electrons. The summed E-state index contributed by atoms with van der Waals surface area (Å²) in [5, 5.41) is 6.24. The lowest BCUT2D eigenvalue weighted by atomic mass is 9.98. The van der Waals surface area contributed by atoms with Gasteiger partial charge in [0, 0.05) is 17.7 Å². The Hall–Kier alpha value is -3.38. The van der Waals surface area contributed by atoms with Gasteiger partial charge < -0.3 is 15.0 Å². The van der Waals surface area contributed by atoms with Crippen LogP contribution >= 0.6 is 0 Å². The van der Waals surface area contributed by atoms with Crippen molar-refractivity contribution in [1.29, 1.82) is 0 Å². The fourth-order valence-corrected chi connectivity index (χ4v) is 3.64. The Balaban J connectivity index is 1.60. The molecular formula is C24H26N4O2. The molecule has 1 aromatic heterocycles. The monoisotopic (exact) mass is 402 g/mol. The Morgan fingerprint density at radius 3 is 2.67 bits per heavy atom. The van der Waals surface area contributed by atoms with Gasteiger partial charge >= 0.3 is 0 Å². The number of hydrogen-bond donors (Lipinski definition) is 3. The number of aromatic nitrogens is 2. The van der Waals surface area contributed by atoms with Crippen molar-refractivity contribution in [2.75, 3.05) is 25.5 Å². The number of H-pyrrole nitrogens is 1. The van der Waals surface area contributed by atoms with E-state index in [9.17, 15) is 4.79 Å². The van der Waals surface area contributed by atoms with E-state index in [0.717, 1.165) is 53.7 Å². The molecule has 0 unspecified atom stereocenters. The van der Waals surface area contributed by atoms with Gasteiger partial charge in [-0.3, -0.25) is 10.1 Å². The third kappa shape index (κ3) is 4.14. The highest BCUT2D eigenvalue weighted by atomic mass is 16.5. The highest BCUT2D eigenvalue weighted by Crippen LogP contribution is 2.34. The fourth-order valence-electron chi connectivity index (χ4n) is 3.64. The lowest BCUT2D eigenvalue weighted by molar-refractivity contribution is -0.113. The van der Waals surface area contributed by atoms with Crippen LogP contribution in [0.5, 0.6) is 5.75 Å². The number of methoxy groups -OCH3 is 1. The average molecular weight is 402 g/mol. The van der Waals surface area contributed by atoms with Gasteiger partial charge in [-0.1, -0.05) is 55.0 Å². The molecule has 1 amide bonds. The third-order valence-corrected chi connectivity index (χ3v) is 5.27. The van der Waals surface area contributed by atoms with Gasteiger partial charge in [0.1, 0.15) is 16.8 Å². The molecule has 4 rings (SSSR count). The zero-order chi connectivity index (χ0) is 20.9. The molecule has 3 aromatic rings. The van der Waals surface area contributed by atoms with Gasteiger partial charge in [0.05, 0.1) is 7.11 Å². The van der Waals surface area contributed by atoms with Crippen molar-refractivity contribution < 1.29 is 9.53 Å². The van der Waals surface area contributed by atoms with E-state index in [1.807, 2.05) is 54.6 Å². The lowest BCUT2D eigenvalue weighted by Crippen LogP contribution is -2.20. The highest BCUT2D eigenvalue weighted by Gasteiger charge is 2.18. The van der Waals surface area contributed by atoms with Crippen LogP contribution in [0, 0.1) is 0 Å². The van der Waals surface area contributed by atoms with Crippen LogP contribution in [-0.4, -0.2) is 36.1 Å². The van der Waals surface area contributed by atoms with Crippen molar-refractivity contribution in [1.82, 2.24) is 15.3 Å². The van der Waals surface area contributed by atoms with E-state index in [2.05, 4.69) is 27.5 Å². The Morgan fingerprint density at radius 1 is 1.13 bits per heavy atom. The number of hydrogen-bond acceptors (Lipinski definition) is 4. The normalized spacial score (nSPS) is 13.7. The third-order valence-electron chi connectivity index (χ3n) is 5.27. The summed E-state index contributed by atoms with van der Waals surface area (Å²) < 4.78 is 5.49. The molecule has 0 aliphatic heterocycles. The minimum Gasteiger partial charge on any atom is -0.494 e. The van der Waals surface area contributed by atoms with Gasteiger partial charge in [-0.2, -0.15) is 0 Å². The molecule has 2 aromatic carbocycles. The summed E-state index contributed by atoms with van der Waals surface area (Å²) in [6.07, 6.45) is 5.56. The molecule has 0 saturated heterocycles. The van der Waals surface area contributed by atoms with Gasteiger partial charge in [-0.25, -0.2) is 4.98 Å². The molecule has 6 nitrogen and oxygen atoms in total. The average Bonchev–Trinajstić information content (AvgIpc) is 3.21. The smallest absolute Gasteiger partial charge is 0.253 e. The summed E-state index contributed by atoms with van der Waals surface area (Å²) in [4.78, 5) is 20.6. The molecule has 0 fully saturated rings. The van der Waals surface area contributed by atoms with E-state index in [1.54, 1.807) is 7.11 Å². The molecule has 30 heavy (non-hydrogen) atoms. The van der Waals surface area contributed by atoms with Crippen LogP contribution in [0.15, 0.2) is 65.8 Å². The van der Waals surface area contributed by atoms with E-state index < -0.39 is 0 Å². The number of amides is 1. The molecule has 0 atom stereocenters. The number of aromatic amines is 1. The number of nitrogens with zero attached hydrogens (tertiary/aromatic N) is 1. The predicted octanol–water partition coefficient (Wildman–Crippen LogP) is 4.43. The summed E-state index contributed by atoms with van der Waals surface area (Å²) in [5.74, 6) is 0.971. The number of anilines is 1. The number of nitrogens with one attached hydrogen (secondary N) is 3. The summed E-state index contributed by atoms with van der Waals surface area (Å²) in [6.45, 7) is 3.89. The zero-order valence-corrected chi connectivity index (χ0v) is 17.3. The summed E-state index contributed by atoms with van der Waals surface area (Å²) >= 11 is 0. The second-order valence-corrected chi connectivity index (χ2v) is 7.24. The number of fused-ring (bicyclic) bond motifs is 1. The summed E-state index contributed by atoms with van der Waals surface area (Å²) in [6, 6.07) is 14.0. The van der Waals surface area contributed by atoms with Crippen molar-refractivity contribution in [3.63, 3.8) is 0 Å². The number of benzene rings is 2. The van der Waals surface area contributed by atoms with Crippen LogP contribution in [0.4, 0.5) is 5.95 Å². The SMILES string of the molecule is CCNCC1=CC=C(C(=O)Nc2nc3c(-c4ccccc4)ccc(OC)c3[nH]2)CC1. The highest BCUT2D eigenvalue weighted by molar-refractivity contribution is 6.05. The minimum atomic E-state index is -0.131. The summed E-state index contributed by atoms with van der Waals surface area (Å²) in [7, 11) is 1.63. The second kappa shape index (κ2) is 8.97. The van der Waals surface area contributed by atoms with Crippen molar-refractivity contribution in [2.24, 2.45) is 0 Å². The van der Waals surface area contributed by atoms with E-state index in [4.69, 9.17) is 4.74 Å². The first kappa shape index (κ1) is 19.9. The van der Waals surface area contributed by atoms with Crippen LogP contribution in [0.1, 0.15) is 19.8 Å². The first-order chi connectivity index (χ1) is 14.7. The number of rotatable bonds is 7. The minimum absolute atomic E-state index is 0.131. The molecule has 0 spiro atoms. The van der Waals surface area contributed by atoms with E-state index >= 15 is 0 Å². The standard InChI is InChI=1S/C24H26N4O2/c1-3-25-15-16-9-11-18(12-10-16)23(29)28-24-26-21-19(17-7-5-4-6-8-17)13-14-20(30-2)22(21)27-24/h4-9,11,13-14,25H,3,10,12,15H2,1-2H3,(H2,26,27,28,29). The maximum atomic E-state index is 12.8. The molecule has 1 aliphatic carbocycles. The van der Waals surface area contributed by atoms with Crippen LogP contribution in [0.25, 0.3) is 22.2 Å². The van der Waals surface area contributed by atoms with Crippen LogP contribution in [0.3, 0.4) is 0 Å². The molecule has 6 heteroatoms. The fraction of sp³-hybridized carbons (Fsp3) is 0.250. The zero-order valence-electron chi connectivity index (χ0n) is 17.3. The van der Waals surface area contributed by atoms with Crippen molar-refractivity contribution >= 4 is 22.9 Å². The van der Waals surface area contributed by atoms with E-state index in [-0.39, 0.29) is 5.91 Å². The van der Waals surface area contributed by atoms with Gasteiger partial charge in [-0.05, 0) is 37.1 Å². The number of allylic oxidation sites excluding steroid dienone is 2. The summed E-state index contributed by atoms with van der Waals surface area (Å²) in [5.41, 5.74) is 5.64. The predicted molar refractivity (Wildman–Crippen MR) is 121 cm³/mol. The molecule has 1 heterocycles. The molecule has 1 aliphatic rings. The number of carbonyl (C=O) groups is 1. The number of ether oxygens (including phenoxy) is 1. The van der Waals surface area contributed by atoms with Gasteiger partial charge in [0.25, 0.3) is 5.91 Å². The maximum Gasteiger partial charge on any atom is 0.253 e. The Labute approximate surface area is 176 Å². The molecule has 0 saturated carbocycles. The molecule has 154 valence electrons. The Bertz CT molecular complexity index is 1110. The van der Waals surface area contributed by atoms with Crippen LogP contribution in [-0.2, 0) is 4.79 Å². The van der Waals surface area contributed by atoms with Crippen molar-refractivity contribution in [3.05, 3.63) is 65.8 Å². The lowest BCUT2D eigenvalue weighted by Gasteiger charge is -2.14. The Kier molecular flexibility index (Phi) is 5.95. The molecular weight excluding hydrogens is 376 g/mol. The van der Waals surface area contributed by atoms with Crippen LogP contribution in [0.2, 0.25) is 0 Å². The second-order valence-electron chi connectivity index (χ2n) is 7.24. The van der Waals surface area contributed by atoms with Crippen LogP contribution < -0.4 is 15.4 Å². The number of imidazole rings is 1. The molecule has 0 bridgehead atoms. The molecule has 3 N–H and O–H groups in total. The maximum absolute atomic E-state index is 12.8. The quantitative estimate of drug-likeness (QED) is 0.546. The van der Waals surface area contributed by atoms with Crippen molar-refractivity contribution in [2.45, 2.75) is 19.8 Å². The first-order valence-corrected chi connectivity index (χ1v) is 10.2. The van der Waals surface area contributed by atoms with E-state index in [1.165, 1.54) is 5.57 Å². The first-order valence-electron chi connectivity index (χ1n) is 10.2. The van der Waals surface area contributed by atoms with Crippen molar-refractivity contribution in [3.8, 4) is 16.9 Å². The van der Waals surface area contributed by atoms with Gasteiger partial charge in [-0.15, -0.1) is 0 Å². The van der Waals surface area contributed by atoms with Gasteiger partial charge in [0.2, 0.25) is 5.95 Å². The largest absolute Gasteiger partial charge is 0.494 e. The van der Waals surface area contributed by atoms with E-state index in [0.29, 0.717) is 11.7 Å².